The summed E-state index contributed by atoms with van der Waals surface area (Å²) in [5.74, 6) is 0.242. The van der Waals surface area contributed by atoms with Gasteiger partial charge < -0.3 is 15.2 Å². The number of amides is 1. The van der Waals surface area contributed by atoms with Gasteiger partial charge in [0.2, 0.25) is 0 Å². The molecule has 2 heterocycles. The maximum atomic E-state index is 12.8. The van der Waals surface area contributed by atoms with Gasteiger partial charge in [0.1, 0.15) is 5.75 Å². The molecule has 0 aliphatic heterocycles. The Labute approximate surface area is 163 Å². The van der Waals surface area contributed by atoms with Crippen molar-refractivity contribution in [1.82, 2.24) is 20.5 Å². The average molecular weight is 380 g/mol. The molecule has 3 N–H and O–H groups in total. The molecular weight excluding hydrogens is 356 g/mol. The second kappa shape index (κ2) is 8.67. The van der Waals surface area contributed by atoms with E-state index < -0.39 is 0 Å². The van der Waals surface area contributed by atoms with Crippen molar-refractivity contribution in [2.45, 2.75) is 19.9 Å². The number of nitrogens with one attached hydrogen (secondary N) is 2. The fourth-order valence-electron chi connectivity index (χ4n) is 2.93. The standard InChI is InChI=1S/C21H24N4O3/c1-13(2)18(12-26)23-21(27)15-8-10-17-19(20(15)28-3)16(24-25-17)9-7-14-6-4-5-11-22-14/h4-11,13,18,26H,12H2,1-3H3,(H,23,27)(H,24,25). The lowest BCUT2D eigenvalue weighted by Crippen LogP contribution is -2.41. The van der Waals surface area contributed by atoms with Gasteiger partial charge in [-0.15, -0.1) is 0 Å². The lowest BCUT2D eigenvalue weighted by molar-refractivity contribution is 0.0894. The summed E-state index contributed by atoms with van der Waals surface area (Å²) in [5.41, 5.74) is 2.61. The van der Waals surface area contributed by atoms with Crippen LogP contribution in [0.3, 0.4) is 0 Å². The van der Waals surface area contributed by atoms with E-state index >= 15 is 0 Å². The van der Waals surface area contributed by atoms with Gasteiger partial charge in [0.05, 0.1) is 47.6 Å². The molecule has 1 aromatic carbocycles. The molecule has 7 nitrogen and oxygen atoms in total. The molecule has 0 saturated heterocycles. The van der Waals surface area contributed by atoms with Gasteiger partial charge in [-0.2, -0.15) is 5.10 Å². The fraction of sp³-hybridized carbons (Fsp3) is 0.286. The summed E-state index contributed by atoms with van der Waals surface area (Å²) in [6.45, 7) is 3.76. The lowest BCUT2D eigenvalue weighted by atomic mass is 10.0. The monoisotopic (exact) mass is 380 g/mol. The van der Waals surface area contributed by atoms with Crippen LogP contribution in [-0.2, 0) is 0 Å². The number of aromatic amines is 1. The Hall–Kier alpha value is -3.19. The molecule has 0 aliphatic rings. The van der Waals surface area contributed by atoms with E-state index in [2.05, 4.69) is 20.5 Å². The summed E-state index contributed by atoms with van der Waals surface area (Å²) in [7, 11) is 1.52. The van der Waals surface area contributed by atoms with Gasteiger partial charge in [-0.25, -0.2) is 0 Å². The first-order valence-electron chi connectivity index (χ1n) is 9.11. The number of aliphatic hydroxyl groups is 1. The van der Waals surface area contributed by atoms with E-state index in [0.29, 0.717) is 22.2 Å². The maximum Gasteiger partial charge on any atom is 0.255 e. The van der Waals surface area contributed by atoms with Crippen molar-refractivity contribution in [1.29, 1.82) is 0 Å². The van der Waals surface area contributed by atoms with Crippen LogP contribution in [0.2, 0.25) is 0 Å². The third-order valence-corrected chi connectivity index (χ3v) is 4.58. The number of carbonyl (C=O) groups excluding carboxylic acids is 1. The van der Waals surface area contributed by atoms with Crippen LogP contribution in [-0.4, -0.2) is 46.0 Å². The number of H-pyrrole nitrogens is 1. The molecule has 28 heavy (non-hydrogen) atoms. The van der Waals surface area contributed by atoms with Crippen LogP contribution in [0.25, 0.3) is 23.1 Å². The molecule has 0 radical (unpaired) electrons. The molecule has 0 fully saturated rings. The van der Waals surface area contributed by atoms with Crippen molar-refractivity contribution in [3.63, 3.8) is 0 Å². The molecule has 3 aromatic rings. The molecule has 146 valence electrons. The Balaban J connectivity index is 1.99. The van der Waals surface area contributed by atoms with Crippen molar-refractivity contribution in [3.05, 3.63) is 53.5 Å². The van der Waals surface area contributed by atoms with Gasteiger partial charge in [0.25, 0.3) is 5.91 Å². The first-order chi connectivity index (χ1) is 13.5. The van der Waals surface area contributed by atoms with Crippen LogP contribution in [0.1, 0.15) is 35.6 Å². The van der Waals surface area contributed by atoms with Crippen LogP contribution in [0, 0.1) is 5.92 Å². The Morgan fingerprint density at radius 1 is 1.29 bits per heavy atom. The van der Waals surface area contributed by atoms with Crippen molar-refractivity contribution in [2.24, 2.45) is 5.92 Å². The lowest BCUT2D eigenvalue weighted by Gasteiger charge is -2.20. The summed E-state index contributed by atoms with van der Waals surface area (Å²) in [6.07, 6.45) is 5.44. The molecule has 0 spiro atoms. The van der Waals surface area contributed by atoms with Crippen molar-refractivity contribution < 1.29 is 14.6 Å². The first kappa shape index (κ1) is 19.6. The smallest absolute Gasteiger partial charge is 0.255 e. The summed E-state index contributed by atoms with van der Waals surface area (Å²) in [4.78, 5) is 17.1. The molecule has 1 atom stereocenters. The van der Waals surface area contributed by atoms with Crippen molar-refractivity contribution in [3.8, 4) is 5.75 Å². The zero-order valence-corrected chi connectivity index (χ0v) is 16.1. The van der Waals surface area contributed by atoms with Crippen molar-refractivity contribution in [2.75, 3.05) is 13.7 Å². The number of aliphatic hydroxyl groups excluding tert-OH is 1. The number of ether oxygens (including phenoxy) is 1. The van der Waals surface area contributed by atoms with E-state index in [9.17, 15) is 9.90 Å². The highest BCUT2D eigenvalue weighted by molar-refractivity contribution is 6.05. The fourth-order valence-corrected chi connectivity index (χ4v) is 2.93. The summed E-state index contributed by atoms with van der Waals surface area (Å²) in [5, 5.41) is 20.4. The van der Waals surface area contributed by atoms with Gasteiger partial charge >= 0.3 is 0 Å². The van der Waals surface area contributed by atoms with Gasteiger partial charge in [-0.05, 0) is 42.3 Å². The number of methoxy groups -OCH3 is 1. The van der Waals surface area contributed by atoms with Crippen LogP contribution in [0.5, 0.6) is 5.75 Å². The number of carbonyl (C=O) groups is 1. The van der Waals surface area contributed by atoms with Gasteiger partial charge in [-0.1, -0.05) is 19.9 Å². The second-order valence-electron chi connectivity index (χ2n) is 6.77. The summed E-state index contributed by atoms with van der Waals surface area (Å²) >= 11 is 0. The molecule has 0 bridgehead atoms. The van der Waals surface area contributed by atoms with Crippen LogP contribution in [0.15, 0.2) is 36.5 Å². The zero-order valence-electron chi connectivity index (χ0n) is 16.1. The summed E-state index contributed by atoms with van der Waals surface area (Å²) in [6, 6.07) is 8.77. The quantitative estimate of drug-likeness (QED) is 0.585. The average Bonchev–Trinajstić information content (AvgIpc) is 3.13. The molecule has 1 amide bonds. The molecule has 7 heteroatoms. The number of benzene rings is 1. The van der Waals surface area contributed by atoms with E-state index in [1.807, 2.05) is 44.2 Å². The zero-order chi connectivity index (χ0) is 20.1. The highest BCUT2D eigenvalue weighted by atomic mass is 16.5. The SMILES string of the molecule is COc1c(C(=O)NC(CO)C(C)C)ccc2n[nH]c(C=Cc3ccccn3)c12. The third kappa shape index (κ3) is 4.04. The molecule has 2 aromatic heterocycles. The van der Waals surface area contributed by atoms with Crippen LogP contribution >= 0.6 is 0 Å². The van der Waals surface area contributed by atoms with E-state index in [4.69, 9.17) is 4.74 Å². The van der Waals surface area contributed by atoms with Crippen molar-refractivity contribution >= 4 is 29.0 Å². The minimum absolute atomic E-state index is 0.106. The first-order valence-corrected chi connectivity index (χ1v) is 9.11. The van der Waals surface area contributed by atoms with E-state index in [1.54, 1.807) is 18.3 Å². The predicted octanol–water partition coefficient (Wildman–Crippen LogP) is 2.88. The molecule has 3 rings (SSSR count). The van der Waals surface area contributed by atoms with Crippen LogP contribution < -0.4 is 10.1 Å². The highest BCUT2D eigenvalue weighted by Crippen LogP contribution is 2.32. The normalized spacial score (nSPS) is 12.6. The number of hydrogen-bond acceptors (Lipinski definition) is 5. The molecule has 1 unspecified atom stereocenters. The highest BCUT2D eigenvalue weighted by Gasteiger charge is 2.22. The Kier molecular flexibility index (Phi) is 6.06. The Morgan fingerprint density at radius 3 is 2.75 bits per heavy atom. The predicted molar refractivity (Wildman–Crippen MR) is 109 cm³/mol. The molecule has 0 aliphatic carbocycles. The largest absolute Gasteiger partial charge is 0.495 e. The Morgan fingerprint density at radius 2 is 2.11 bits per heavy atom. The second-order valence-corrected chi connectivity index (χ2v) is 6.77. The Bertz CT molecular complexity index is 980. The topological polar surface area (TPSA) is 100 Å². The van der Waals surface area contributed by atoms with Gasteiger partial charge in [-0.3, -0.25) is 14.9 Å². The van der Waals surface area contributed by atoms with E-state index in [-0.39, 0.29) is 24.5 Å². The number of rotatable bonds is 7. The van der Waals surface area contributed by atoms with Gasteiger partial charge in [0, 0.05) is 6.20 Å². The van der Waals surface area contributed by atoms with E-state index in [1.165, 1.54) is 7.11 Å². The molecular formula is C21H24N4O3. The minimum Gasteiger partial charge on any atom is -0.495 e. The number of nitrogens with zero attached hydrogens (tertiary/aromatic N) is 2. The summed E-state index contributed by atoms with van der Waals surface area (Å²) < 4.78 is 5.57. The number of aromatic nitrogens is 3. The molecule has 0 saturated carbocycles. The van der Waals surface area contributed by atoms with Crippen LogP contribution in [0.4, 0.5) is 0 Å². The number of hydrogen-bond donors (Lipinski definition) is 3. The number of fused-ring (bicyclic) bond motifs is 1. The maximum absolute atomic E-state index is 12.8. The minimum atomic E-state index is -0.333. The van der Waals surface area contributed by atoms with Gasteiger partial charge in [0.15, 0.2) is 0 Å². The third-order valence-electron chi connectivity index (χ3n) is 4.58. The number of pyridine rings is 1. The van der Waals surface area contributed by atoms with E-state index in [0.717, 1.165) is 11.4 Å².